The van der Waals surface area contributed by atoms with Gasteiger partial charge in [0.05, 0.1) is 0 Å². The summed E-state index contributed by atoms with van der Waals surface area (Å²) < 4.78 is 0. The molecule has 0 spiro atoms. The van der Waals surface area contributed by atoms with Gasteiger partial charge in [-0.15, -0.1) is 0 Å². The highest BCUT2D eigenvalue weighted by Gasteiger charge is 2.26. The average molecular weight is 161 g/mol. The quantitative estimate of drug-likeness (QED) is 0.623. The van der Waals surface area contributed by atoms with Gasteiger partial charge in [0.25, 0.3) is 0 Å². The maximum Gasteiger partial charge on any atom is 0.0448 e. The number of rotatable bonds is 2. The van der Waals surface area contributed by atoms with Crippen LogP contribution in [-0.2, 0) is 0 Å². The molecule has 0 aliphatic carbocycles. The van der Waals surface area contributed by atoms with E-state index in [0.717, 1.165) is 18.6 Å². The minimum Gasteiger partial charge on any atom is -0.396 e. The maximum atomic E-state index is 8.69. The zero-order chi connectivity index (χ0) is 7.45. The smallest absolute Gasteiger partial charge is 0.0448 e. The molecule has 1 saturated heterocycles. The summed E-state index contributed by atoms with van der Waals surface area (Å²) in [5, 5.41) is 8.69. The van der Waals surface area contributed by atoms with Gasteiger partial charge in [-0.25, -0.2) is 0 Å². The van der Waals surface area contributed by atoms with Gasteiger partial charge in [-0.3, -0.25) is 0 Å². The van der Waals surface area contributed by atoms with E-state index in [-0.39, 0.29) is 12.1 Å². The van der Waals surface area contributed by atoms with Crippen LogP contribution in [0, 0.1) is 0 Å². The first-order valence-electron chi connectivity index (χ1n) is 3.74. The van der Waals surface area contributed by atoms with Gasteiger partial charge >= 0.3 is 0 Å². The normalized spacial score (nSPS) is 34.2. The Balaban J connectivity index is 2.32. The molecule has 0 saturated carbocycles. The molecule has 2 nitrogen and oxygen atoms in total. The van der Waals surface area contributed by atoms with E-state index in [1.807, 2.05) is 11.8 Å². The Morgan fingerprint density at radius 2 is 2.40 bits per heavy atom. The van der Waals surface area contributed by atoms with Gasteiger partial charge in [0.15, 0.2) is 0 Å². The van der Waals surface area contributed by atoms with Crippen molar-refractivity contribution in [2.75, 3.05) is 18.1 Å². The monoisotopic (exact) mass is 161 g/mol. The second-order valence-corrected chi connectivity index (χ2v) is 4.10. The summed E-state index contributed by atoms with van der Waals surface area (Å²) >= 11 is 1.91. The molecule has 1 atom stereocenters. The molecule has 1 fully saturated rings. The molecule has 1 heterocycles. The molecule has 0 aromatic rings. The van der Waals surface area contributed by atoms with Crippen LogP contribution < -0.4 is 5.73 Å². The van der Waals surface area contributed by atoms with Gasteiger partial charge < -0.3 is 10.8 Å². The Hall–Kier alpha value is 0.270. The van der Waals surface area contributed by atoms with Crippen LogP contribution in [0.1, 0.15) is 19.3 Å². The van der Waals surface area contributed by atoms with Crippen LogP contribution in [-0.4, -0.2) is 28.8 Å². The third-order valence-corrected chi connectivity index (χ3v) is 3.32. The molecule has 60 valence electrons. The predicted octanol–water partition coefficient (Wildman–Crippen LogP) is 0.593. The fraction of sp³-hybridized carbons (Fsp3) is 1.00. The van der Waals surface area contributed by atoms with E-state index in [9.17, 15) is 0 Å². The number of aliphatic hydroxyl groups excluding tert-OH is 1. The molecular formula is C7H15NOS. The van der Waals surface area contributed by atoms with Crippen molar-refractivity contribution in [3.8, 4) is 0 Å². The first kappa shape index (κ1) is 8.37. The maximum absolute atomic E-state index is 8.69. The minimum atomic E-state index is -0.0579. The van der Waals surface area contributed by atoms with Gasteiger partial charge in [-0.05, 0) is 25.0 Å². The van der Waals surface area contributed by atoms with Gasteiger partial charge in [-0.2, -0.15) is 11.8 Å². The molecule has 0 bridgehead atoms. The summed E-state index contributed by atoms with van der Waals surface area (Å²) in [6.07, 6.45) is 3.06. The Morgan fingerprint density at radius 3 is 2.90 bits per heavy atom. The van der Waals surface area contributed by atoms with E-state index >= 15 is 0 Å². The molecule has 1 rings (SSSR count). The van der Waals surface area contributed by atoms with Crippen molar-refractivity contribution >= 4 is 11.8 Å². The summed E-state index contributed by atoms with van der Waals surface area (Å²) in [6, 6.07) is 0. The minimum absolute atomic E-state index is 0.0579. The first-order valence-corrected chi connectivity index (χ1v) is 4.90. The number of thioether (sulfide) groups is 1. The Kier molecular flexibility index (Phi) is 3.01. The highest BCUT2D eigenvalue weighted by atomic mass is 32.2. The molecule has 0 radical (unpaired) electrons. The van der Waals surface area contributed by atoms with E-state index in [0.29, 0.717) is 0 Å². The van der Waals surface area contributed by atoms with Crippen LogP contribution in [0.2, 0.25) is 0 Å². The summed E-state index contributed by atoms with van der Waals surface area (Å²) in [7, 11) is 0. The first-order chi connectivity index (χ1) is 4.77. The highest BCUT2D eigenvalue weighted by molar-refractivity contribution is 7.99. The van der Waals surface area contributed by atoms with Crippen molar-refractivity contribution in [1.29, 1.82) is 0 Å². The van der Waals surface area contributed by atoms with Crippen LogP contribution in [0.25, 0.3) is 0 Å². The summed E-state index contributed by atoms with van der Waals surface area (Å²) in [6.45, 7) is 0.233. The third-order valence-electron chi connectivity index (χ3n) is 1.96. The van der Waals surface area contributed by atoms with E-state index in [1.54, 1.807) is 0 Å². The largest absolute Gasteiger partial charge is 0.396 e. The molecule has 3 heteroatoms. The zero-order valence-electron chi connectivity index (χ0n) is 6.18. The van der Waals surface area contributed by atoms with Crippen molar-refractivity contribution in [1.82, 2.24) is 0 Å². The van der Waals surface area contributed by atoms with Gasteiger partial charge in [0, 0.05) is 17.9 Å². The van der Waals surface area contributed by atoms with Gasteiger partial charge in [0.2, 0.25) is 0 Å². The summed E-state index contributed by atoms with van der Waals surface area (Å²) in [5.74, 6) is 2.26. The van der Waals surface area contributed by atoms with Crippen molar-refractivity contribution in [2.45, 2.75) is 24.8 Å². The molecule has 1 unspecified atom stereocenters. The highest BCUT2D eigenvalue weighted by Crippen LogP contribution is 2.26. The Labute approximate surface area is 66.2 Å². The standard InChI is InChI=1S/C7H15NOS/c8-7(3-4-9)2-1-5-10-6-7/h9H,1-6,8H2. The lowest BCUT2D eigenvalue weighted by molar-refractivity contribution is 0.240. The lowest BCUT2D eigenvalue weighted by atomic mass is 9.93. The summed E-state index contributed by atoms with van der Waals surface area (Å²) in [4.78, 5) is 0. The number of hydrogen-bond acceptors (Lipinski definition) is 3. The van der Waals surface area contributed by atoms with Crippen LogP contribution in [0.5, 0.6) is 0 Å². The molecule has 10 heavy (non-hydrogen) atoms. The molecule has 3 N–H and O–H groups in total. The lowest BCUT2D eigenvalue weighted by Gasteiger charge is -2.32. The molecule has 0 amide bonds. The fourth-order valence-electron chi connectivity index (χ4n) is 1.29. The average Bonchev–Trinajstić information content (AvgIpc) is 1.89. The molecular weight excluding hydrogens is 146 g/mol. The van der Waals surface area contributed by atoms with Crippen molar-refractivity contribution < 1.29 is 5.11 Å². The van der Waals surface area contributed by atoms with Crippen molar-refractivity contribution in [3.63, 3.8) is 0 Å². The van der Waals surface area contributed by atoms with Crippen LogP contribution in [0.3, 0.4) is 0 Å². The molecule has 1 aliphatic rings. The Morgan fingerprint density at radius 1 is 1.60 bits per heavy atom. The van der Waals surface area contributed by atoms with E-state index in [4.69, 9.17) is 10.8 Å². The van der Waals surface area contributed by atoms with Gasteiger partial charge in [0.1, 0.15) is 0 Å². The van der Waals surface area contributed by atoms with Crippen molar-refractivity contribution in [2.24, 2.45) is 5.73 Å². The van der Waals surface area contributed by atoms with Crippen LogP contribution >= 0.6 is 11.8 Å². The number of nitrogens with two attached hydrogens (primary N) is 1. The second kappa shape index (κ2) is 3.60. The predicted molar refractivity (Wildman–Crippen MR) is 45.2 cm³/mol. The van der Waals surface area contributed by atoms with Gasteiger partial charge in [-0.1, -0.05) is 0 Å². The SMILES string of the molecule is NC1(CCO)CCCSC1. The van der Waals surface area contributed by atoms with Crippen molar-refractivity contribution in [3.05, 3.63) is 0 Å². The van der Waals surface area contributed by atoms with E-state index in [2.05, 4.69) is 0 Å². The molecule has 0 aromatic carbocycles. The van der Waals surface area contributed by atoms with E-state index in [1.165, 1.54) is 12.2 Å². The molecule has 1 aliphatic heterocycles. The number of aliphatic hydroxyl groups is 1. The van der Waals surface area contributed by atoms with E-state index < -0.39 is 0 Å². The molecule has 0 aromatic heterocycles. The fourth-order valence-corrected chi connectivity index (χ4v) is 2.48. The topological polar surface area (TPSA) is 46.2 Å². The van der Waals surface area contributed by atoms with Crippen LogP contribution in [0.15, 0.2) is 0 Å². The summed E-state index contributed by atoms with van der Waals surface area (Å²) in [5.41, 5.74) is 5.93. The third kappa shape index (κ3) is 2.15. The lowest BCUT2D eigenvalue weighted by Crippen LogP contribution is -2.45. The number of hydrogen-bond donors (Lipinski definition) is 2. The second-order valence-electron chi connectivity index (χ2n) is 2.99. The zero-order valence-corrected chi connectivity index (χ0v) is 6.99. The van der Waals surface area contributed by atoms with Crippen LogP contribution in [0.4, 0.5) is 0 Å². The Bertz CT molecular complexity index is 96.3.